The zero-order valence-electron chi connectivity index (χ0n) is 13.5. The van der Waals surface area contributed by atoms with E-state index in [-0.39, 0.29) is 0 Å². The number of halogens is 2. The summed E-state index contributed by atoms with van der Waals surface area (Å²) in [5.74, 6) is 6.13. The molecule has 2 rings (SSSR count). The topological polar surface area (TPSA) is 29.5 Å². The van der Waals surface area contributed by atoms with Crippen LogP contribution in [0.3, 0.4) is 0 Å². The molecule has 0 fully saturated rings. The van der Waals surface area contributed by atoms with E-state index in [2.05, 4.69) is 11.8 Å². The third kappa shape index (κ3) is 5.32. The molecule has 0 aliphatic heterocycles. The van der Waals surface area contributed by atoms with Gasteiger partial charge in [0.2, 0.25) is 0 Å². The van der Waals surface area contributed by atoms with Crippen molar-refractivity contribution in [2.45, 2.75) is 20.0 Å². The van der Waals surface area contributed by atoms with Gasteiger partial charge in [-0.3, -0.25) is 0 Å². The summed E-state index contributed by atoms with van der Waals surface area (Å²) in [6, 6.07) is 12.6. The van der Waals surface area contributed by atoms with Gasteiger partial charge < -0.3 is 9.84 Å². The lowest BCUT2D eigenvalue weighted by Gasteiger charge is -2.14. The van der Waals surface area contributed by atoms with E-state index in [1.54, 1.807) is 12.1 Å². The molecule has 2 aromatic rings. The van der Waals surface area contributed by atoms with Crippen molar-refractivity contribution in [2.24, 2.45) is 0 Å². The number of benzene rings is 2. The molecule has 0 heterocycles. The van der Waals surface area contributed by atoms with Gasteiger partial charge in [-0.1, -0.05) is 58.8 Å². The molecular weight excluding hydrogens is 343 g/mol. The first-order valence-corrected chi connectivity index (χ1v) is 8.22. The summed E-state index contributed by atoms with van der Waals surface area (Å²) in [5, 5.41) is 11.2. The van der Waals surface area contributed by atoms with Gasteiger partial charge in [0.1, 0.15) is 18.5 Å². The zero-order valence-corrected chi connectivity index (χ0v) is 15.0. The Balaban J connectivity index is 2.30. The Hall–Kier alpha value is -1.92. The van der Waals surface area contributed by atoms with E-state index in [0.29, 0.717) is 28.0 Å². The zero-order chi connectivity index (χ0) is 17.5. The summed E-state index contributed by atoms with van der Waals surface area (Å²) in [7, 11) is 0. The molecule has 2 aromatic carbocycles. The third-order valence-electron chi connectivity index (χ3n) is 3.18. The molecular formula is C20H18Cl2O2. The number of aliphatic hydroxyl groups excluding tert-OH is 1. The van der Waals surface area contributed by atoms with Crippen molar-refractivity contribution >= 4 is 23.2 Å². The van der Waals surface area contributed by atoms with Crippen LogP contribution < -0.4 is 4.74 Å². The highest BCUT2D eigenvalue weighted by Crippen LogP contribution is 2.36. The average molecular weight is 361 g/mol. The second kappa shape index (κ2) is 8.80. The molecule has 0 saturated heterocycles. The van der Waals surface area contributed by atoms with E-state index in [9.17, 15) is 5.11 Å². The Morgan fingerprint density at radius 3 is 2.58 bits per heavy atom. The van der Waals surface area contributed by atoms with Crippen LogP contribution in [-0.4, -0.2) is 11.7 Å². The molecule has 0 radical (unpaired) electrons. The number of hydrogen-bond acceptors (Lipinski definition) is 2. The summed E-state index contributed by atoms with van der Waals surface area (Å²) in [5.41, 5.74) is 2.40. The standard InChI is InChI=1S/C20H18Cl2O2/c1-14(2)10-11-24-20-17(12-16(21)13-18(20)22)19(23)9-8-15-6-4-3-5-7-15/h3-7,10,12-13,19,23H,11H2,1-2H3/t19-/m0/s1. The van der Waals surface area contributed by atoms with Crippen LogP contribution in [-0.2, 0) is 0 Å². The minimum Gasteiger partial charge on any atom is -0.488 e. The summed E-state index contributed by atoms with van der Waals surface area (Å²) in [6.07, 6.45) is 0.875. The highest BCUT2D eigenvalue weighted by molar-refractivity contribution is 6.35. The van der Waals surface area contributed by atoms with Crippen molar-refractivity contribution in [1.82, 2.24) is 0 Å². The maximum Gasteiger partial charge on any atom is 0.145 e. The van der Waals surface area contributed by atoms with Gasteiger partial charge in [-0.25, -0.2) is 0 Å². The van der Waals surface area contributed by atoms with Crippen molar-refractivity contribution in [1.29, 1.82) is 0 Å². The summed E-state index contributed by atoms with van der Waals surface area (Å²) >= 11 is 12.3. The molecule has 0 aliphatic carbocycles. The van der Waals surface area contributed by atoms with E-state index in [1.165, 1.54) is 0 Å². The molecule has 0 aromatic heterocycles. The highest BCUT2D eigenvalue weighted by atomic mass is 35.5. The van der Waals surface area contributed by atoms with Crippen LogP contribution in [0.1, 0.15) is 31.1 Å². The lowest BCUT2D eigenvalue weighted by Crippen LogP contribution is -2.03. The smallest absolute Gasteiger partial charge is 0.145 e. The summed E-state index contributed by atoms with van der Waals surface area (Å²) in [4.78, 5) is 0. The van der Waals surface area contributed by atoms with Crippen LogP contribution in [0.5, 0.6) is 5.75 Å². The quantitative estimate of drug-likeness (QED) is 0.582. The van der Waals surface area contributed by atoms with Crippen LogP contribution in [0, 0.1) is 11.8 Å². The first-order chi connectivity index (χ1) is 11.5. The molecule has 124 valence electrons. The second-order valence-corrected chi connectivity index (χ2v) is 6.28. The van der Waals surface area contributed by atoms with Gasteiger partial charge in [0.15, 0.2) is 0 Å². The average Bonchev–Trinajstić information content (AvgIpc) is 2.55. The fraction of sp³-hybridized carbons (Fsp3) is 0.200. The molecule has 0 amide bonds. The predicted octanol–water partition coefficient (Wildman–Crippen LogP) is 5.42. The molecule has 1 atom stereocenters. The normalized spacial score (nSPS) is 11.2. The summed E-state index contributed by atoms with van der Waals surface area (Å²) in [6.45, 7) is 4.32. The van der Waals surface area contributed by atoms with Crippen LogP contribution in [0.4, 0.5) is 0 Å². The van der Waals surface area contributed by atoms with E-state index < -0.39 is 6.10 Å². The Bertz CT molecular complexity index is 783. The van der Waals surface area contributed by atoms with Gasteiger partial charge in [0.05, 0.1) is 5.02 Å². The molecule has 1 N–H and O–H groups in total. The second-order valence-electron chi connectivity index (χ2n) is 5.44. The highest BCUT2D eigenvalue weighted by Gasteiger charge is 2.16. The Morgan fingerprint density at radius 2 is 1.92 bits per heavy atom. The molecule has 0 unspecified atom stereocenters. The van der Waals surface area contributed by atoms with Crippen LogP contribution in [0.2, 0.25) is 10.0 Å². The summed E-state index contributed by atoms with van der Waals surface area (Å²) < 4.78 is 5.71. The number of ether oxygens (including phenoxy) is 1. The van der Waals surface area contributed by atoms with Crippen molar-refractivity contribution in [3.05, 3.63) is 75.3 Å². The lowest BCUT2D eigenvalue weighted by molar-refractivity contribution is 0.230. The predicted molar refractivity (Wildman–Crippen MR) is 99.7 cm³/mol. The fourth-order valence-electron chi connectivity index (χ4n) is 1.98. The van der Waals surface area contributed by atoms with Gasteiger partial charge >= 0.3 is 0 Å². The molecule has 0 spiro atoms. The number of aliphatic hydroxyl groups is 1. The van der Waals surface area contributed by atoms with Gasteiger partial charge in [0, 0.05) is 16.1 Å². The fourth-order valence-corrected chi connectivity index (χ4v) is 2.54. The number of hydrogen-bond donors (Lipinski definition) is 1. The maximum absolute atomic E-state index is 10.4. The molecule has 0 saturated carbocycles. The van der Waals surface area contributed by atoms with Gasteiger partial charge in [-0.15, -0.1) is 0 Å². The Kier molecular flexibility index (Phi) is 6.75. The number of allylic oxidation sites excluding steroid dienone is 1. The molecule has 4 heteroatoms. The van der Waals surface area contributed by atoms with Crippen LogP contribution in [0.25, 0.3) is 0 Å². The SMILES string of the molecule is CC(C)=CCOc1c(Cl)cc(Cl)cc1[C@@H](O)C#Cc1ccccc1. The minimum absolute atomic E-state index is 0.347. The van der Waals surface area contributed by atoms with Crippen molar-refractivity contribution in [2.75, 3.05) is 6.61 Å². The van der Waals surface area contributed by atoms with Gasteiger partial charge in [0.25, 0.3) is 0 Å². The Labute approximate surface area is 152 Å². The minimum atomic E-state index is -1.05. The van der Waals surface area contributed by atoms with Crippen molar-refractivity contribution < 1.29 is 9.84 Å². The van der Waals surface area contributed by atoms with Gasteiger partial charge in [-0.2, -0.15) is 0 Å². The van der Waals surface area contributed by atoms with Gasteiger partial charge in [-0.05, 0) is 44.2 Å². The van der Waals surface area contributed by atoms with E-state index in [0.717, 1.165) is 11.1 Å². The van der Waals surface area contributed by atoms with Crippen molar-refractivity contribution in [3.63, 3.8) is 0 Å². The van der Waals surface area contributed by atoms with Crippen LogP contribution >= 0.6 is 23.2 Å². The molecule has 24 heavy (non-hydrogen) atoms. The third-order valence-corrected chi connectivity index (χ3v) is 3.68. The largest absolute Gasteiger partial charge is 0.488 e. The van der Waals surface area contributed by atoms with E-state index in [1.807, 2.05) is 50.3 Å². The van der Waals surface area contributed by atoms with Crippen molar-refractivity contribution in [3.8, 4) is 17.6 Å². The number of rotatable bonds is 4. The maximum atomic E-state index is 10.4. The van der Waals surface area contributed by atoms with E-state index >= 15 is 0 Å². The first kappa shape index (κ1) is 18.4. The van der Waals surface area contributed by atoms with Crippen LogP contribution in [0.15, 0.2) is 54.1 Å². The monoisotopic (exact) mass is 360 g/mol. The van der Waals surface area contributed by atoms with E-state index in [4.69, 9.17) is 27.9 Å². The molecule has 0 bridgehead atoms. The molecule has 0 aliphatic rings. The Morgan fingerprint density at radius 1 is 1.21 bits per heavy atom. The first-order valence-electron chi connectivity index (χ1n) is 7.47. The molecule has 2 nitrogen and oxygen atoms in total. The lowest BCUT2D eigenvalue weighted by atomic mass is 10.1.